The fourth-order valence-corrected chi connectivity index (χ4v) is 4.28. The molecule has 2 aromatic heterocycles. The molecule has 0 saturated heterocycles. The number of halogens is 1. The summed E-state index contributed by atoms with van der Waals surface area (Å²) in [6.45, 7) is 2.56. The monoisotopic (exact) mass is 445 g/mol. The third-order valence-corrected chi connectivity index (χ3v) is 5.90. The van der Waals surface area contributed by atoms with Gasteiger partial charge in [0.2, 0.25) is 0 Å². The normalized spacial score (nSPS) is 17.9. The first kappa shape index (κ1) is 21.1. The van der Waals surface area contributed by atoms with Gasteiger partial charge in [-0.05, 0) is 49.6 Å². The van der Waals surface area contributed by atoms with E-state index in [-0.39, 0.29) is 5.56 Å². The van der Waals surface area contributed by atoms with Crippen LogP contribution in [0.1, 0.15) is 41.3 Å². The van der Waals surface area contributed by atoms with Crippen LogP contribution in [0.2, 0.25) is 0 Å². The van der Waals surface area contributed by atoms with Crippen LogP contribution in [0, 0.1) is 12.7 Å². The molecule has 4 aromatic rings. The fourth-order valence-electron chi connectivity index (χ4n) is 4.28. The van der Waals surface area contributed by atoms with Gasteiger partial charge in [-0.15, -0.1) is 0 Å². The van der Waals surface area contributed by atoms with Gasteiger partial charge in [-0.3, -0.25) is 0 Å². The van der Waals surface area contributed by atoms with Crippen molar-refractivity contribution >= 4 is 12.2 Å². The molecule has 0 amide bonds. The van der Waals surface area contributed by atoms with Crippen molar-refractivity contribution < 1.29 is 14.2 Å². The van der Waals surface area contributed by atoms with E-state index in [2.05, 4.69) is 15.1 Å². The summed E-state index contributed by atoms with van der Waals surface area (Å²) in [5, 5.41) is 15.9. The van der Waals surface area contributed by atoms with Crippen LogP contribution in [0.3, 0.4) is 0 Å². The van der Waals surface area contributed by atoms with E-state index < -0.39 is 11.4 Å². The summed E-state index contributed by atoms with van der Waals surface area (Å²) in [4.78, 5) is 8.82. The van der Waals surface area contributed by atoms with Gasteiger partial charge in [0, 0.05) is 18.3 Å². The highest BCUT2D eigenvalue weighted by Gasteiger charge is 2.41. The highest BCUT2D eigenvalue weighted by atomic mass is 19.1. The second-order valence-corrected chi connectivity index (χ2v) is 8.15. The van der Waals surface area contributed by atoms with Crippen molar-refractivity contribution in [1.29, 1.82) is 0 Å². The van der Waals surface area contributed by atoms with Gasteiger partial charge in [-0.1, -0.05) is 30.3 Å². The van der Waals surface area contributed by atoms with Crippen LogP contribution in [-0.2, 0) is 12.1 Å². The summed E-state index contributed by atoms with van der Waals surface area (Å²) >= 11 is 0. The first-order valence-corrected chi connectivity index (χ1v) is 10.8. The lowest BCUT2D eigenvalue weighted by atomic mass is 9.86. The van der Waals surface area contributed by atoms with Crippen molar-refractivity contribution in [3.05, 3.63) is 89.3 Å². The van der Waals surface area contributed by atoms with Crippen molar-refractivity contribution in [2.75, 3.05) is 7.11 Å². The van der Waals surface area contributed by atoms with Crippen molar-refractivity contribution in [2.24, 2.45) is 0 Å². The predicted octanol–water partition coefficient (Wildman–Crippen LogP) is 4.12. The van der Waals surface area contributed by atoms with Crippen LogP contribution < -0.4 is 4.74 Å². The maximum Gasteiger partial charge on any atom is 0.174 e. The minimum Gasteiger partial charge on any atom is -0.495 e. The third-order valence-electron chi connectivity index (χ3n) is 5.90. The number of ether oxygens (including phenoxy) is 1. The van der Waals surface area contributed by atoms with Crippen molar-refractivity contribution in [1.82, 2.24) is 24.3 Å². The molecule has 168 valence electrons. The number of aromatic nitrogens is 5. The lowest BCUT2D eigenvalue weighted by Crippen LogP contribution is -2.36. The quantitative estimate of drug-likeness (QED) is 0.500. The molecule has 33 heavy (non-hydrogen) atoms. The van der Waals surface area contributed by atoms with Gasteiger partial charge in [0.15, 0.2) is 17.2 Å². The first-order valence-electron chi connectivity index (χ1n) is 10.8. The topological polar surface area (TPSA) is 78.0 Å². The molecule has 0 unspecified atom stereocenters. The zero-order valence-corrected chi connectivity index (χ0v) is 18.4. The number of rotatable bonds is 5. The molecule has 2 aromatic carbocycles. The molecule has 7 nitrogen and oxygen atoms in total. The molecule has 0 radical (unpaired) electrons. The fraction of sp³-hybridized carbons (Fsp3) is 0.240. The van der Waals surface area contributed by atoms with Crippen LogP contribution >= 0.6 is 0 Å². The highest BCUT2D eigenvalue weighted by molar-refractivity contribution is 5.69. The lowest BCUT2D eigenvalue weighted by molar-refractivity contribution is 0.0361. The minimum atomic E-state index is -1.50. The number of hydrogen-bond donors (Lipinski definition) is 1. The number of aliphatic hydroxyl groups is 1. The maximum absolute atomic E-state index is 14.5. The second-order valence-electron chi connectivity index (χ2n) is 8.15. The number of benzene rings is 2. The molecular formula is C25H24FN5O2. The summed E-state index contributed by atoms with van der Waals surface area (Å²) in [7, 11) is 1.63. The second kappa shape index (κ2) is 8.29. The van der Waals surface area contributed by atoms with Crippen LogP contribution in [0.15, 0.2) is 55.0 Å². The van der Waals surface area contributed by atoms with Crippen LogP contribution in [0.25, 0.3) is 17.8 Å². The molecular weight excluding hydrogens is 421 g/mol. The molecule has 5 rings (SSSR count). The Morgan fingerprint density at radius 3 is 2.79 bits per heavy atom. The number of methoxy groups -OCH3 is 1. The Hall–Kier alpha value is -3.78. The summed E-state index contributed by atoms with van der Waals surface area (Å²) in [6, 6.07) is 12.1. The van der Waals surface area contributed by atoms with E-state index in [0.29, 0.717) is 36.8 Å². The zero-order chi connectivity index (χ0) is 23.0. The van der Waals surface area contributed by atoms with Crippen LogP contribution in [-0.4, -0.2) is 36.5 Å². The molecule has 1 N–H and O–H groups in total. The SMILES string of the molecule is COc1cc(C=Cc2nc3n(n2)CCC[C@@]3(O)c2ccccc2F)ccc1-n1cnc(C)c1. The van der Waals surface area contributed by atoms with E-state index in [4.69, 9.17) is 4.74 Å². The molecule has 1 atom stereocenters. The van der Waals surface area contributed by atoms with E-state index >= 15 is 0 Å². The Bertz CT molecular complexity index is 1340. The molecule has 3 heterocycles. The van der Waals surface area contributed by atoms with Crippen molar-refractivity contribution in [3.8, 4) is 11.4 Å². The Morgan fingerprint density at radius 2 is 2.03 bits per heavy atom. The lowest BCUT2D eigenvalue weighted by Gasteiger charge is -2.31. The third kappa shape index (κ3) is 3.82. The van der Waals surface area contributed by atoms with Crippen LogP contribution in [0.4, 0.5) is 4.39 Å². The molecule has 0 bridgehead atoms. The van der Waals surface area contributed by atoms with E-state index in [1.165, 1.54) is 6.07 Å². The van der Waals surface area contributed by atoms with Gasteiger partial charge in [0.05, 0.1) is 24.8 Å². The average Bonchev–Trinajstić information content (AvgIpc) is 3.44. The van der Waals surface area contributed by atoms with Crippen molar-refractivity contribution in [2.45, 2.75) is 31.9 Å². The summed E-state index contributed by atoms with van der Waals surface area (Å²) in [5.74, 6) is 1.08. The highest BCUT2D eigenvalue weighted by Crippen LogP contribution is 2.37. The number of aryl methyl sites for hydroxylation is 2. The first-order chi connectivity index (χ1) is 16.0. The number of nitrogens with zero attached hydrogens (tertiary/aromatic N) is 5. The van der Waals surface area contributed by atoms with E-state index in [0.717, 1.165) is 16.9 Å². The van der Waals surface area contributed by atoms with Crippen molar-refractivity contribution in [3.63, 3.8) is 0 Å². The standard InChI is InChI=1S/C25H24FN5O2/c1-17-15-30(16-27-17)21-10-8-18(14-22(21)33-2)9-11-23-28-24-25(32,12-5-13-31(24)29-23)19-6-3-4-7-20(19)26/h3-4,6-11,14-16,32H,5,12-13H2,1-2H3/t25-/m1/s1. The van der Waals surface area contributed by atoms with Crippen LogP contribution in [0.5, 0.6) is 5.75 Å². The number of hydrogen-bond acceptors (Lipinski definition) is 5. The minimum absolute atomic E-state index is 0.226. The molecule has 8 heteroatoms. The Kier molecular flexibility index (Phi) is 5.30. The van der Waals surface area contributed by atoms with Gasteiger partial charge in [-0.2, -0.15) is 5.10 Å². The maximum atomic E-state index is 14.5. The molecule has 0 spiro atoms. The van der Waals surface area contributed by atoms with Gasteiger partial charge < -0.3 is 14.4 Å². The molecule has 0 fully saturated rings. The van der Waals surface area contributed by atoms with Gasteiger partial charge in [0.1, 0.15) is 11.6 Å². The smallest absolute Gasteiger partial charge is 0.174 e. The summed E-state index contributed by atoms with van der Waals surface area (Å²) < 4.78 is 23.6. The van der Waals surface area contributed by atoms with E-state index in [1.54, 1.807) is 42.4 Å². The summed E-state index contributed by atoms with van der Waals surface area (Å²) in [5.41, 5.74) is 1.44. The average molecular weight is 445 g/mol. The molecule has 0 aliphatic carbocycles. The Labute approximate surface area is 190 Å². The van der Waals surface area contributed by atoms with Gasteiger partial charge >= 0.3 is 0 Å². The summed E-state index contributed by atoms with van der Waals surface area (Å²) in [6.07, 6.45) is 8.42. The zero-order valence-electron chi connectivity index (χ0n) is 18.4. The predicted molar refractivity (Wildman–Crippen MR) is 122 cm³/mol. The largest absolute Gasteiger partial charge is 0.495 e. The van der Waals surface area contributed by atoms with Gasteiger partial charge in [0.25, 0.3) is 0 Å². The Balaban J connectivity index is 1.45. The number of imidazole rings is 1. The Morgan fingerprint density at radius 1 is 1.18 bits per heavy atom. The van der Waals surface area contributed by atoms with Gasteiger partial charge in [-0.25, -0.2) is 19.0 Å². The number of fused-ring (bicyclic) bond motifs is 1. The molecule has 1 aliphatic rings. The molecule has 0 saturated carbocycles. The van der Waals surface area contributed by atoms with E-state index in [1.807, 2.05) is 42.0 Å². The molecule has 1 aliphatic heterocycles. The van der Waals surface area contributed by atoms with E-state index in [9.17, 15) is 9.50 Å².